The lowest BCUT2D eigenvalue weighted by Crippen LogP contribution is -2.19. The van der Waals surface area contributed by atoms with Gasteiger partial charge in [-0.25, -0.2) is 0 Å². The van der Waals surface area contributed by atoms with Crippen molar-refractivity contribution in [3.05, 3.63) is 12.7 Å². The molecule has 0 atom stereocenters. The molecular weight excluding hydrogens is 168 g/mol. The summed E-state index contributed by atoms with van der Waals surface area (Å²) in [6.45, 7) is 7.38. The first-order valence-corrected chi connectivity index (χ1v) is 4.22. The monoisotopic (exact) mass is 184 g/mol. The van der Waals surface area contributed by atoms with Crippen LogP contribution in [-0.2, 0) is 14.3 Å². The molecule has 0 N–H and O–H groups in total. The van der Waals surface area contributed by atoms with E-state index in [0.29, 0.717) is 6.42 Å². The standard InChI is InChI=1S/C10H16O3/c1-4-7-13-9(12)8-10(2,3)5-6-11/h4,6H,1,5,7-8H2,2-3H3. The van der Waals surface area contributed by atoms with Gasteiger partial charge >= 0.3 is 5.97 Å². The van der Waals surface area contributed by atoms with Crippen molar-refractivity contribution in [1.29, 1.82) is 0 Å². The van der Waals surface area contributed by atoms with Crippen molar-refractivity contribution in [1.82, 2.24) is 0 Å². The number of hydrogen-bond donors (Lipinski definition) is 0. The Morgan fingerprint density at radius 2 is 2.15 bits per heavy atom. The summed E-state index contributed by atoms with van der Waals surface area (Å²) in [6.07, 6.45) is 2.97. The van der Waals surface area contributed by atoms with Gasteiger partial charge < -0.3 is 9.53 Å². The second-order valence-corrected chi connectivity index (χ2v) is 3.68. The van der Waals surface area contributed by atoms with Crippen molar-refractivity contribution in [2.24, 2.45) is 5.41 Å². The van der Waals surface area contributed by atoms with Gasteiger partial charge in [-0.15, -0.1) is 0 Å². The fourth-order valence-electron chi connectivity index (χ4n) is 0.891. The molecule has 0 aromatic heterocycles. The van der Waals surface area contributed by atoms with E-state index in [1.807, 2.05) is 13.8 Å². The lowest BCUT2D eigenvalue weighted by Gasteiger charge is -2.19. The molecule has 0 rings (SSSR count). The Kier molecular flexibility index (Phi) is 5.04. The second-order valence-electron chi connectivity index (χ2n) is 3.68. The second kappa shape index (κ2) is 5.51. The van der Waals surface area contributed by atoms with Crippen LogP contribution in [0.15, 0.2) is 12.7 Å². The topological polar surface area (TPSA) is 43.4 Å². The molecule has 0 heterocycles. The molecule has 0 unspecified atom stereocenters. The molecule has 0 aliphatic rings. The molecule has 0 radical (unpaired) electrons. The highest BCUT2D eigenvalue weighted by atomic mass is 16.5. The van der Waals surface area contributed by atoms with Crippen LogP contribution in [0.25, 0.3) is 0 Å². The summed E-state index contributed by atoms with van der Waals surface area (Å²) in [4.78, 5) is 21.4. The first-order chi connectivity index (χ1) is 6.02. The molecule has 0 saturated carbocycles. The van der Waals surface area contributed by atoms with Crippen molar-refractivity contribution in [3.63, 3.8) is 0 Å². The summed E-state index contributed by atoms with van der Waals surface area (Å²) in [7, 11) is 0. The lowest BCUT2D eigenvalue weighted by molar-refractivity contribution is -0.144. The molecule has 0 aromatic rings. The van der Waals surface area contributed by atoms with Crippen LogP contribution in [0.4, 0.5) is 0 Å². The number of rotatable bonds is 6. The van der Waals surface area contributed by atoms with Gasteiger partial charge in [0.1, 0.15) is 12.9 Å². The Morgan fingerprint density at radius 1 is 1.54 bits per heavy atom. The molecule has 0 bridgehead atoms. The lowest BCUT2D eigenvalue weighted by atomic mass is 9.86. The van der Waals surface area contributed by atoms with Crippen molar-refractivity contribution in [2.75, 3.05) is 6.61 Å². The predicted molar refractivity (Wildman–Crippen MR) is 50.2 cm³/mol. The predicted octanol–water partition coefficient (Wildman–Crippen LogP) is 1.72. The van der Waals surface area contributed by atoms with Gasteiger partial charge in [-0.05, 0) is 5.41 Å². The zero-order chi connectivity index (χ0) is 10.3. The van der Waals surface area contributed by atoms with Gasteiger partial charge in [0, 0.05) is 6.42 Å². The minimum absolute atomic E-state index is 0.232. The molecule has 13 heavy (non-hydrogen) atoms. The Balaban J connectivity index is 3.87. The Labute approximate surface area is 78.8 Å². The van der Waals surface area contributed by atoms with Gasteiger partial charge in [0.05, 0.1) is 6.42 Å². The number of esters is 1. The quantitative estimate of drug-likeness (QED) is 0.358. The summed E-state index contributed by atoms with van der Waals surface area (Å²) in [5, 5.41) is 0. The Bertz CT molecular complexity index is 194. The maximum atomic E-state index is 11.1. The van der Waals surface area contributed by atoms with E-state index in [9.17, 15) is 9.59 Å². The van der Waals surface area contributed by atoms with E-state index in [2.05, 4.69) is 6.58 Å². The number of aldehydes is 1. The van der Waals surface area contributed by atoms with Crippen LogP contribution in [-0.4, -0.2) is 18.9 Å². The van der Waals surface area contributed by atoms with E-state index in [4.69, 9.17) is 4.74 Å². The molecule has 3 nitrogen and oxygen atoms in total. The van der Waals surface area contributed by atoms with Crippen LogP contribution in [0, 0.1) is 5.41 Å². The van der Waals surface area contributed by atoms with E-state index in [1.54, 1.807) is 0 Å². The van der Waals surface area contributed by atoms with Crippen LogP contribution in [0.5, 0.6) is 0 Å². The maximum absolute atomic E-state index is 11.1. The van der Waals surface area contributed by atoms with Crippen LogP contribution < -0.4 is 0 Å². The molecular formula is C10H16O3. The fraction of sp³-hybridized carbons (Fsp3) is 0.600. The Hall–Kier alpha value is -1.12. The van der Waals surface area contributed by atoms with E-state index < -0.39 is 0 Å². The average molecular weight is 184 g/mol. The van der Waals surface area contributed by atoms with Gasteiger partial charge in [-0.1, -0.05) is 26.5 Å². The third-order valence-electron chi connectivity index (χ3n) is 1.62. The van der Waals surface area contributed by atoms with Crippen LogP contribution >= 0.6 is 0 Å². The van der Waals surface area contributed by atoms with Crippen molar-refractivity contribution in [2.45, 2.75) is 26.7 Å². The molecule has 0 amide bonds. The zero-order valence-corrected chi connectivity index (χ0v) is 8.21. The third kappa shape index (κ3) is 6.08. The molecule has 0 aliphatic heterocycles. The molecule has 74 valence electrons. The highest BCUT2D eigenvalue weighted by Crippen LogP contribution is 2.23. The highest BCUT2D eigenvalue weighted by Gasteiger charge is 2.22. The number of carbonyl (C=O) groups is 2. The summed E-state index contributed by atoms with van der Waals surface area (Å²) in [5.41, 5.74) is -0.306. The normalized spacial score (nSPS) is 10.6. The minimum Gasteiger partial charge on any atom is -0.461 e. The summed E-state index contributed by atoms with van der Waals surface area (Å²) in [5.74, 6) is -0.285. The van der Waals surface area contributed by atoms with Crippen molar-refractivity contribution >= 4 is 12.3 Å². The van der Waals surface area contributed by atoms with Crippen LogP contribution in [0.2, 0.25) is 0 Å². The SMILES string of the molecule is C=CCOC(=O)CC(C)(C)CC=O. The first kappa shape index (κ1) is 11.9. The average Bonchev–Trinajstić information content (AvgIpc) is 1.99. The van der Waals surface area contributed by atoms with Gasteiger partial charge in [-0.3, -0.25) is 4.79 Å². The van der Waals surface area contributed by atoms with E-state index in [1.165, 1.54) is 6.08 Å². The van der Waals surface area contributed by atoms with Gasteiger partial charge in [0.2, 0.25) is 0 Å². The minimum atomic E-state index is -0.306. The summed E-state index contributed by atoms with van der Waals surface area (Å²) < 4.78 is 4.80. The molecule has 3 heteroatoms. The summed E-state index contributed by atoms with van der Waals surface area (Å²) in [6, 6.07) is 0. The molecule has 0 fully saturated rings. The first-order valence-electron chi connectivity index (χ1n) is 4.22. The van der Waals surface area contributed by atoms with Crippen LogP contribution in [0.3, 0.4) is 0 Å². The number of ether oxygens (including phenoxy) is 1. The van der Waals surface area contributed by atoms with Crippen molar-refractivity contribution < 1.29 is 14.3 Å². The highest BCUT2D eigenvalue weighted by molar-refractivity contribution is 5.71. The zero-order valence-electron chi connectivity index (χ0n) is 8.21. The van der Waals surface area contributed by atoms with E-state index in [-0.39, 0.29) is 24.4 Å². The third-order valence-corrected chi connectivity index (χ3v) is 1.62. The van der Waals surface area contributed by atoms with Crippen molar-refractivity contribution in [3.8, 4) is 0 Å². The van der Waals surface area contributed by atoms with Gasteiger partial charge in [-0.2, -0.15) is 0 Å². The molecule has 0 saturated heterocycles. The largest absolute Gasteiger partial charge is 0.461 e. The van der Waals surface area contributed by atoms with E-state index in [0.717, 1.165) is 6.29 Å². The van der Waals surface area contributed by atoms with Crippen LogP contribution in [0.1, 0.15) is 26.7 Å². The number of carbonyl (C=O) groups excluding carboxylic acids is 2. The van der Waals surface area contributed by atoms with E-state index >= 15 is 0 Å². The summed E-state index contributed by atoms with van der Waals surface area (Å²) >= 11 is 0. The fourth-order valence-corrected chi connectivity index (χ4v) is 0.891. The molecule has 0 aliphatic carbocycles. The van der Waals surface area contributed by atoms with Gasteiger partial charge in [0.15, 0.2) is 0 Å². The van der Waals surface area contributed by atoms with Gasteiger partial charge in [0.25, 0.3) is 0 Å². The Morgan fingerprint density at radius 3 is 2.62 bits per heavy atom. The smallest absolute Gasteiger partial charge is 0.306 e. The maximum Gasteiger partial charge on any atom is 0.306 e. The molecule has 0 aromatic carbocycles. The molecule has 0 spiro atoms. The number of hydrogen-bond acceptors (Lipinski definition) is 3.